The third kappa shape index (κ3) is 7.15. The highest BCUT2D eigenvalue weighted by molar-refractivity contribution is 5.83. The molecule has 0 spiro atoms. The summed E-state index contributed by atoms with van der Waals surface area (Å²) in [4.78, 5) is 21.8. The average molecular weight is 371 g/mol. The van der Waals surface area contributed by atoms with Gasteiger partial charge in [0.25, 0.3) is 11.6 Å². The van der Waals surface area contributed by atoms with Crippen LogP contribution in [0.5, 0.6) is 11.5 Å². The number of hydrogen-bond donors (Lipinski definition) is 1. The van der Waals surface area contributed by atoms with Crippen molar-refractivity contribution in [1.29, 1.82) is 0 Å². The van der Waals surface area contributed by atoms with Gasteiger partial charge >= 0.3 is 0 Å². The second-order valence-corrected chi connectivity index (χ2v) is 5.60. The van der Waals surface area contributed by atoms with E-state index in [1.807, 2.05) is 0 Å². The first kappa shape index (κ1) is 19.9. The fraction of sp³-hybridized carbons (Fsp3) is 0.263. The standard InChI is InChI=1S/C19H21N3O5/c1-2-3-12-26-17-8-10-18(11-9-17)27-14-19(23)21-20-13-15-4-6-16(7-5-15)22(24)25/h4-11,13H,2-3,12,14H2,1H3,(H,21,23). The number of rotatable bonds is 10. The zero-order valence-electron chi connectivity index (χ0n) is 15.0. The van der Waals surface area contributed by atoms with Crippen molar-refractivity contribution in [3.63, 3.8) is 0 Å². The summed E-state index contributed by atoms with van der Waals surface area (Å²) in [6.45, 7) is 2.58. The molecule has 2 aromatic carbocycles. The van der Waals surface area contributed by atoms with Crippen LogP contribution in [0, 0.1) is 10.1 Å². The van der Waals surface area contributed by atoms with Crippen LogP contribution in [0.25, 0.3) is 0 Å². The fourth-order valence-electron chi connectivity index (χ4n) is 2.01. The fourth-order valence-corrected chi connectivity index (χ4v) is 2.01. The molecule has 0 aromatic heterocycles. The Balaban J connectivity index is 1.73. The maximum absolute atomic E-state index is 11.7. The number of nitro groups is 1. The van der Waals surface area contributed by atoms with Crippen molar-refractivity contribution < 1.29 is 19.2 Å². The largest absolute Gasteiger partial charge is 0.494 e. The first-order valence-electron chi connectivity index (χ1n) is 8.50. The molecule has 0 saturated heterocycles. The second kappa shape index (κ2) is 10.5. The Labute approximate surface area is 157 Å². The Hall–Kier alpha value is -3.42. The number of non-ortho nitro benzene ring substituents is 1. The van der Waals surface area contributed by atoms with E-state index in [0.717, 1.165) is 18.6 Å². The molecule has 8 heteroatoms. The molecule has 2 rings (SSSR count). The van der Waals surface area contributed by atoms with Gasteiger partial charge in [-0.15, -0.1) is 0 Å². The molecule has 0 heterocycles. The predicted octanol–water partition coefficient (Wildman–Crippen LogP) is 3.30. The summed E-state index contributed by atoms with van der Waals surface area (Å²) in [6.07, 6.45) is 3.46. The van der Waals surface area contributed by atoms with Gasteiger partial charge in [-0.25, -0.2) is 5.43 Å². The van der Waals surface area contributed by atoms with Gasteiger partial charge in [-0.2, -0.15) is 5.10 Å². The summed E-state index contributed by atoms with van der Waals surface area (Å²) < 4.78 is 10.9. The van der Waals surface area contributed by atoms with E-state index in [1.165, 1.54) is 30.5 Å². The van der Waals surface area contributed by atoms with Crippen molar-refractivity contribution in [1.82, 2.24) is 5.43 Å². The number of benzene rings is 2. The molecule has 2 aromatic rings. The number of hydrogen-bond acceptors (Lipinski definition) is 6. The molecule has 0 radical (unpaired) electrons. The van der Waals surface area contributed by atoms with Crippen LogP contribution in [0.4, 0.5) is 5.69 Å². The third-order valence-corrected chi connectivity index (χ3v) is 3.47. The van der Waals surface area contributed by atoms with Gasteiger partial charge in [-0.3, -0.25) is 14.9 Å². The Morgan fingerprint density at radius 1 is 1.11 bits per heavy atom. The lowest BCUT2D eigenvalue weighted by atomic mass is 10.2. The van der Waals surface area contributed by atoms with E-state index in [1.54, 1.807) is 24.3 Å². The van der Waals surface area contributed by atoms with Crippen LogP contribution in [0.3, 0.4) is 0 Å². The third-order valence-electron chi connectivity index (χ3n) is 3.47. The molecule has 1 N–H and O–H groups in total. The molecule has 0 saturated carbocycles. The summed E-state index contributed by atoms with van der Waals surface area (Å²) in [6, 6.07) is 12.8. The Bertz CT molecular complexity index is 773. The van der Waals surface area contributed by atoms with Crippen molar-refractivity contribution in [2.24, 2.45) is 5.10 Å². The van der Waals surface area contributed by atoms with Gasteiger partial charge in [0.15, 0.2) is 6.61 Å². The van der Waals surface area contributed by atoms with E-state index in [4.69, 9.17) is 9.47 Å². The van der Waals surface area contributed by atoms with Gasteiger partial charge < -0.3 is 9.47 Å². The molecule has 0 aliphatic rings. The molecular weight excluding hydrogens is 350 g/mol. The molecular formula is C19H21N3O5. The Morgan fingerprint density at radius 3 is 2.33 bits per heavy atom. The lowest BCUT2D eigenvalue weighted by molar-refractivity contribution is -0.384. The number of hydrazone groups is 1. The quantitative estimate of drug-likeness (QED) is 0.299. The number of ether oxygens (including phenoxy) is 2. The van der Waals surface area contributed by atoms with Crippen LogP contribution >= 0.6 is 0 Å². The molecule has 8 nitrogen and oxygen atoms in total. The molecule has 0 fully saturated rings. The maximum atomic E-state index is 11.7. The number of carbonyl (C=O) groups is 1. The van der Waals surface area contributed by atoms with E-state index in [0.29, 0.717) is 17.9 Å². The first-order chi connectivity index (χ1) is 13.1. The minimum atomic E-state index is -0.482. The van der Waals surface area contributed by atoms with Crippen LogP contribution in [0.15, 0.2) is 53.6 Å². The Kier molecular flexibility index (Phi) is 7.77. The number of nitro benzene ring substituents is 1. The van der Waals surface area contributed by atoms with Crippen LogP contribution in [-0.2, 0) is 4.79 Å². The molecule has 0 atom stereocenters. The topological polar surface area (TPSA) is 103 Å². The SMILES string of the molecule is CCCCOc1ccc(OCC(=O)NN=Cc2ccc([N+](=O)[O-])cc2)cc1. The molecule has 0 aliphatic heterocycles. The summed E-state index contributed by atoms with van der Waals surface area (Å²) >= 11 is 0. The van der Waals surface area contributed by atoms with E-state index < -0.39 is 10.8 Å². The minimum Gasteiger partial charge on any atom is -0.494 e. The highest BCUT2D eigenvalue weighted by atomic mass is 16.6. The highest BCUT2D eigenvalue weighted by Gasteiger charge is 2.04. The molecule has 0 unspecified atom stereocenters. The van der Waals surface area contributed by atoms with E-state index in [2.05, 4.69) is 17.5 Å². The normalized spacial score (nSPS) is 10.6. The molecule has 142 valence electrons. The van der Waals surface area contributed by atoms with Gasteiger partial charge in [0.05, 0.1) is 17.7 Å². The number of nitrogens with zero attached hydrogens (tertiary/aromatic N) is 2. The van der Waals surface area contributed by atoms with Crippen LogP contribution in [0.1, 0.15) is 25.3 Å². The summed E-state index contributed by atoms with van der Waals surface area (Å²) in [7, 11) is 0. The van der Waals surface area contributed by atoms with Crippen molar-refractivity contribution in [2.75, 3.05) is 13.2 Å². The van der Waals surface area contributed by atoms with Crippen molar-refractivity contribution in [3.05, 3.63) is 64.2 Å². The van der Waals surface area contributed by atoms with E-state index >= 15 is 0 Å². The van der Waals surface area contributed by atoms with Crippen LogP contribution in [-0.4, -0.2) is 30.3 Å². The number of amides is 1. The lowest BCUT2D eigenvalue weighted by Gasteiger charge is -2.07. The van der Waals surface area contributed by atoms with Gasteiger partial charge in [0.1, 0.15) is 11.5 Å². The minimum absolute atomic E-state index is 0.00799. The van der Waals surface area contributed by atoms with Crippen LogP contribution < -0.4 is 14.9 Å². The van der Waals surface area contributed by atoms with E-state index in [-0.39, 0.29) is 12.3 Å². The van der Waals surface area contributed by atoms with Gasteiger partial charge in [-0.05, 0) is 48.4 Å². The zero-order chi connectivity index (χ0) is 19.5. The maximum Gasteiger partial charge on any atom is 0.277 e. The monoisotopic (exact) mass is 371 g/mol. The molecule has 1 amide bonds. The summed E-state index contributed by atoms with van der Waals surface area (Å²) in [5.41, 5.74) is 2.95. The average Bonchev–Trinajstić information content (AvgIpc) is 2.68. The Morgan fingerprint density at radius 2 is 1.74 bits per heavy atom. The number of unbranched alkanes of at least 4 members (excludes halogenated alkanes) is 1. The number of nitrogens with one attached hydrogen (secondary N) is 1. The van der Waals surface area contributed by atoms with Gasteiger partial charge in [0.2, 0.25) is 0 Å². The molecule has 0 aliphatic carbocycles. The lowest BCUT2D eigenvalue weighted by Crippen LogP contribution is -2.24. The van der Waals surface area contributed by atoms with Crippen LogP contribution in [0.2, 0.25) is 0 Å². The summed E-state index contributed by atoms with van der Waals surface area (Å²) in [5, 5.41) is 14.4. The predicted molar refractivity (Wildman–Crippen MR) is 101 cm³/mol. The summed E-state index contributed by atoms with van der Waals surface area (Å²) in [5.74, 6) is 0.886. The number of carbonyl (C=O) groups excluding carboxylic acids is 1. The van der Waals surface area contributed by atoms with Gasteiger partial charge in [-0.1, -0.05) is 13.3 Å². The zero-order valence-corrected chi connectivity index (χ0v) is 15.0. The smallest absolute Gasteiger partial charge is 0.277 e. The van der Waals surface area contributed by atoms with Crippen molar-refractivity contribution >= 4 is 17.8 Å². The molecule has 0 bridgehead atoms. The molecule has 27 heavy (non-hydrogen) atoms. The highest BCUT2D eigenvalue weighted by Crippen LogP contribution is 2.17. The van der Waals surface area contributed by atoms with Crippen molar-refractivity contribution in [3.8, 4) is 11.5 Å². The van der Waals surface area contributed by atoms with Crippen molar-refractivity contribution in [2.45, 2.75) is 19.8 Å². The van der Waals surface area contributed by atoms with E-state index in [9.17, 15) is 14.9 Å². The first-order valence-corrected chi connectivity index (χ1v) is 8.50. The second-order valence-electron chi connectivity index (χ2n) is 5.60. The van der Waals surface area contributed by atoms with Gasteiger partial charge in [0, 0.05) is 12.1 Å².